The Kier molecular flexibility index (Phi) is 126. The Morgan fingerprint density at radius 2 is 1.25 bits per heavy atom. The van der Waals surface area contributed by atoms with Gasteiger partial charge in [-0.1, -0.05) is 7.43 Å². The zero-order chi connectivity index (χ0) is 2.00. The van der Waals surface area contributed by atoms with Gasteiger partial charge in [-0.25, -0.2) is 0 Å². The molecule has 0 fully saturated rings. The van der Waals surface area contributed by atoms with Gasteiger partial charge in [0.05, 0.1) is 0 Å². The smallest absolute Gasteiger partial charge is 0 e. The van der Waals surface area contributed by atoms with Crippen LogP contribution in [0, 0.1) is 0 Å². The molecule has 0 aliphatic heterocycles. The van der Waals surface area contributed by atoms with Crippen molar-refractivity contribution in [3.8, 4) is 0 Å². The molecule has 0 saturated heterocycles. The van der Waals surface area contributed by atoms with Gasteiger partial charge in [0.2, 0.25) is 0 Å². The van der Waals surface area contributed by atoms with E-state index in [2.05, 4.69) is 24.9 Å². The molecular weight excluding hydrogens is 174 g/mol. The summed E-state index contributed by atoms with van der Waals surface area (Å²) in [4.78, 5) is 0. The van der Waals surface area contributed by atoms with Crippen LogP contribution in [0.3, 0.4) is 0 Å². The molecule has 0 heterocycles. The Morgan fingerprint density at radius 3 is 1.25 bits per heavy atom. The van der Waals surface area contributed by atoms with Gasteiger partial charge >= 0.3 is 24.9 Å². The van der Waals surface area contributed by atoms with Gasteiger partial charge in [0.25, 0.3) is 0 Å². The van der Waals surface area contributed by atoms with Crippen LogP contribution in [0.1, 0.15) is 7.43 Å². The summed E-state index contributed by atoms with van der Waals surface area (Å²) in [6.07, 6.45) is 0. The van der Waals surface area contributed by atoms with Gasteiger partial charge in [0.1, 0.15) is 0 Å². The first-order valence-electron chi connectivity index (χ1n) is 0.167. The van der Waals surface area contributed by atoms with Crippen molar-refractivity contribution >= 4 is 24.9 Å². The van der Waals surface area contributed by atoms with Crippen LogP contribution < -0.4 is 0 Å². The first kappa shape index (κ1) is 18.4. The monoisotopic (exact) mass is 179 g/mol. The molecule has 0 aromatic carbocycles. The van der Waals surface area contributed by atoms with Crippen LogP contribution in [0.25, 0.3) is 0 Å². The Balaban J connectivity index is -0.00000000500. The maximum absolute atomic E-state index is 3.96. The van der Waals surface area contributed by atoms with Crippen LogP contribution in [0.15, 0.2) is 0 Å². The molecule has 0 aliphatic carbocycles. The first-order valence-corrected chi connectivity index (χ1v) is 2.60. The van der Waals surface area contributed by atoms with Gasteiger partial charge in [-0.05, 0) is 0 Å². The molecule has 0 atom stereocenters. The van der Waals surface area contributed by atoms with E-state index in [9.17, 15) is 0 Å². The van der Waals surface area contributed by atoms with Gasteiger partial charge in [-0.2, -0.15) is 0 Å². The van der Waals surface area contributed by atoms with Crippen molar-refractivity contribution in [3.05, 3.63) is 0 Å². The van der Waals surface area contributed by atoms with E-state index in [1.54, 1.807) is 0 Å². The van der Waals surface area contributed by atoms with Crippen molar-refractivity contribution in [1.29, 1.82) is 0 Å². The fraction of sp³-hybridized carbons (Fsp3) is 1.00. The third kappa shape index (κ3) is 10.2. The first-order chi connectivity index (χ1) is 1.00. The second-order valence-corrected chi connectivity index (χ2v) is 0. The number of rotatable bonds is 0. The van der Waals surface area contributed by atoms with Crippen molar-refractivity contribution in [1.82, 2.24) is 0 Å². The summed E-state index contributed by atoms with van der Waals surface area (Å²) in [7, 11) is 3.96. The molecule has 0 aromatic rings. The van der Waals surface area contributed by atoms with E-state index in [4.69, 9.17) is 0 Å². The molecule has 25 valence electrons. The molecule has 0 N–H and O–H groups in total. The van der Waals surface area contributed by atoms with E-state index >= 15 is 0 Å². The molecule has 3 heteroatoms. The predicted octanol–water partition coefficient (Wildman–Crippen LogP) is 0.901. The molecule has 0 amide bonds. The van der Waals surface area contributed by atoms with Gasteiger partial charge < -0.3 is 0 Å². The van der Waals surface area contributed by atoms with Crippen LogP contribution in [0.2, 0.25) is 0 Å². The topological polar surface area (TPSA) is 0 Å². The quantitative estimate of drug-likeness (QED) is 0.496. The molecule has 0 nitrogen and oxygen atoms in total. The Morgan fingerprint density at radius 1 is 1.25 bits per heavy atom. The Labute approximate surface area is 50.9 Å². The minimum Gasteiger partial charge on any atom is 0 e. The molecule has 0 aliphatic rings. The summed E-state index contributed by atoms with van der Waals surface area (Å²) in [5, 5.41) is 0. The molecule has 0 unspecified atom stereocenters. The van der Waals surface area contributed by atoms with Crippen molar-refractivity contribution in [2.75, 3.05) is 0 Å². The second-order valence-electron chi connectivity index (χ2n) is 0. The molecule has 0 bridgehead atoms. The van der Waals surface area contributed by atoms with Crippen LogP contribution in [-0.4, -0.2) is 14.4 Å². The van der Waals surface area contributed by atoms with Crippen molar-refractivity contribution < 1.29 is 18.6 Å². The third-order valence-electron chi connectivity index (χ3n) is 0. The average Bonchev–Trinajstić information content (AvgIpc) is 1.00. The van der Waals surface area contributed by atoms with Crippen molar-refractivity contribution in [2.24, 2.45) is 0 Å². The largest absolute Gasteiger partial charge is 0 e. The minimum absolute atomic E-state index is 0. The summed E-state index contributed by atoms with van der Waals surface area (Å²) in [5.41, 5.74) is 0. The van der Waals surface area contributed by atoms with Crippen LogP contribution in [-0.2, 0) is 18.6 Å². The fourth-order valence-corrected chi connectivity index (χ4v) is 0. The Bertz CT molecular complexity index is 8.00. The maximum atomic E-state index is 3.96. The maximum Gasteiger partial charge on any atom is 0 e. The zero-order valence-electron chi connectivity index (χ0n) is 1.26. The van der Waals surface area contributed by atoms with Crippen molar-refractivity contribution in [2.45, 2.75) is 7.43 Å². The van der Waals surface area contributed by atoms with E-state index in [0.29, 0.717) is 0 Å². The van der Waals surface area contributed by atoms with Gasteiger partial charge in [-0.15, -0.1) is 0 Å². The van der Waals surface area contributed by atoms with Crippen LogP contribution >= 0.6 is 10.6 Å². The predicted molar refractivity (Wildman–Crippen MR) is 20.1 cm³/mol. The van der Waals surface area contributed by atoms with E-state index in [1.165, 1.54) is 0 Å². The number of hydrogen-bond acceptors (Lipinski definition) is 1. The summed E-state index contributed by atoms with van der Waals surface area (Å²) in [5.74, 6) is 0. The molecular formula is CH4SSeV. The van der Waals surface area contributed by atoms with Crippen LogP contribution in [0.4, 0.5) is 0 Å². The molecule has 0 spiro atoms. The second kappa shape index (κ2) is 27.3. The normalized spacial score (nSPS) is 1.00. The van der Waals surface area contributed by atoms with Gasteiger partial charge in [0.15, 0.2) is 0 Å². The van der Waals surface area contributed by atoms with Gasteiger partial charge in [-0.3, -0.25) is 0 Å². The van der Waals surface area contributed by atoms with E-state index in [0.717, 1.165) is 0 Å². The van der Waals surface area contributed by atoms with E-state index in [-0.39, 0.29) is 26.0 Å². The van der Waals surface area contributed by atoms with E-state index < -0.39 is 0 Å². The van der Waals surface area contributed by atoms with E-state index in [1.807, 2.05) is 0 Å². The summed E-state index contributed by atoms with van der Waals surface area (Å²) in [6.45, 7) is 0. The Hall–Kier alpha value is 1.32. The SMILES string of the molecule is C.S=[Se].[V]. The molecule has 0 saturated carbocycles. The summed E-state index contributed by atoms with van der Waals surface area (Å²) < 4.78 is 0. The van der Waals surface area contributed by atoms with Crippen LogP contribution in [0.5, 0.6) is 0 Å². The minimum atomic E-state index is 0. The summed E-state index contributed by atoms with van der Waals surface area (Å²) in [6, 6.07) is 0. The number of hydrogen-bond donors (Lipinski definition) is 0. The molecule has 0 rings (SSSR count). The summed E-state index contributed by atoms with van der Waals surface area (Å²) >= 11 is 2.21. The molecule has 4 heavy (non-hydrogen) atoms. The fourth-order valence-electron chi connectivity index (χ4n) is 0. The molecule has 0 aromatic heterocycles. The zero-order valence-corrected chi connectivity index (χ0v) is 5.19. The average molecular weight is 178 g/mol. The third-order valence-corrected chi connectivity index (χ3v) is 0. The van der Waals surface area contributed by atoms with Crippen molar-refractivity contribution in [3.63, 3.8) is 0 Å². The molecule has 1 radical (unpaired) electrons. The standard InChI is InChI=1S/CH4.SSe.V/c;1-2;/h1H4;;. The van der Waals surface area contributed by atoms with Gasteiger partial charge in [0, 0.05) is 18.6 Å².